The monoisotopic (exact) mass is 406 g/mol. The highest BCUT2D eigenvalue weighted by molar-refractivity contribution is 5.84. The Balaban J connectivity index is 1.27. The van der Waals surface area contributed by atoms with Crippen molar-refractivity contribution in [1.82, 2.24) is 10.2 Å². The highest BCUT2D eigenvalue weighted by Crippen LogP contribution is 2.70. The van der Waals surface area contributed by atoms with Crippen molar-refractivity contribution in [2.75, 3.05) is 26.2 Å². The maximum absolute atomic E-state index is 14.2. The standard InChI is InChI=1S/C27H38N2O/c1-24-15-21-16-26(18-24,22-5-3-2-4-6-22)20-27(17-21,19-24)23(30)29-13-9-25(10-14-29)7-11-28-12-8-25/h2-6,21,28H,7-20H2,1H3/t21?,24-,26-,27?/m1/s1. The summed E-state index contributed by atoms with van der Waals surface area (Å²) in [4.78, 5) is 16.5. The molecule has 3 heteroatoms. The molecule has 162 valence electrons. The Morgan fingerprint density at radius 2 is 1.67 bits per heavy atom. The number of carbonyl (C=O) groups is 1. The van der Waals surface area contributed by atoms with E-state index in [9.17, 15) is 4.79 Å². The van der Waals surface area contributed by atoms with Crippen LogP contribution < -0.4 is 5.32 Å². The van der Waals surface area contributed by atoms with Gasteiger partial charge in [0.15, 0.2) is 0 Å². The third-order valence-corrected chi connectivity index (χ3v) is 9.96. The molecule has 7 rings (SSSR count). The molecular formula is C27H38N2O. The van der Waals surface area contributed by atoms with Crippen LogP contribution >= 0.6 is 0 Å². The lowest BCUT2D eigenvalue weighted by molar-refractivity contribution is -0.172. The minimum Gasteiger partial charge on any atom is -0.342 e. The van der Waals surface area contributed by atoms with Gasteiger partial charge in [-0.2, -0.15) is 0 Å². The fourth-order valence-corrected chi connectivity index (χ4v) is 9.25. The number of nitrogens with zero attached hydrogens (tertiary/aromatic N) is 1. The van der Waals surface area contributed by atoms with Crippen molar-refractivity contribution in [2.24, 2.45) is 22.2 Å². The molecule has 1 amide bonds. The molecule has 4 bridgehead atoms. The Kier molecular flexibility index (Phi) is 4.24. The first-order valence-electron chi connectivity index (χ1n) is 12.5. The first kappa shape index (κ1) is 19.3. The average Bonchev–Trinajstić information content (AvgIpc) is 2.73. The lowest BCUT2D eigenvalue weighted by Crippen LogP contribution is -2.63. The Morgan fingerprint density at radius 3 is 2.37 bits per heavy atom. The van der Waals surface area contributed by atoms with Gasteiger partial charge in [0.25, 0.3) is 0 Å². The van der Waals surface area contributed by atoms with Crippen molar-refractivity contribution in [1.29, 1.82) is 0 Å². The normalized spacial score (nSPS) is 41.9. The van der Waals surface area contributed by atoms with Crippen molar-refractivity contribution in [3.63, 3.8) is 0 Å². The maximum Gasteiger partial charge on any atom is 0.228 e. The number of piperidine rings is 2. The van der Waals surface area contributed by atoms with Crippen LogP contribution in [0.3, 0.4) is 0 Å². The fourth-order valence-electron chi connectivity index (χ4n) is 9.25. The van der Waals surface area contributed by atoms with Crippen LogP contribution in [0, 0.1) is 22.2 Å². The summed E-state index contributed by atoms with van der Waals surface area (Å²) < 4.78 is 0. The van der Waals surface area contributed by atoms with Gasteiger partial charge in [-0.15, -0.1) is 0 Å². The topological polar surface area (TPSA) is 32.3 Å². The van der Waals surface area contributed by atoms with Gasteiger partial charge in [-0.1, -0.05) is 37.3 Å². The van der Waals surface area contributed by atoms with Gasteiger partial charge >= 0.3 is 0 Å². The van der Waals surface area contributed by atoms with Crippen LogP contribution in [0.15, 0.2) is 30.3 Å². The summed E-state index contributed by atoms with van der Waals surface area (Å²) >= 11 is 0. The molecule has 1 aromatic rings. The second kappa shape index (κ2) is 6.58. The number of hydrogen-bond donors (Lipinski definition) is 1. The third kappa shape index (κ3) is 2.91. The molecule has 2 saturated heterocycles. The maximum atomic E-state index is 14.2. The number of amides is 1. The molecule has 30 heavy (non-hydrogen) atoms. The molecule has 4 atom stereocenters. The van der Waals surface area contributed by atoms with Crippen molar-refractivity contribution in [3.8, 4) is 0 Å². The van der Waals surface area contributed by atoms with E-state index in [1.807, 2.05) is 0 Å². The molecule has 1 aromatic carbocycles. The SMILES string of the molecule is C[C@]12CC3CC(C(=O)N4CCC5(CCNCC5)CC4)(C1)C[C@@](c1ccccc1)(C3)C2. The molecule has 4 saturated carbocycles. The van der Waals surface area contributed by atoms with E-state index < -0.39 is 0 Å². The van der Waals surface area contributed by atoms with Crippen molar-refractivity contribution in [3.05, 3.63) is 35.9 Å². The molecule has 2 unspecified atom stereocenters. The van der Waals surface area contributed by atoms with Crippen LogP contribution in [-0.4, -0.2) is 37.0 Å². The van der Waals surface area contributed by atoms with E-state index in [1.165, 1.54) is 50.5 Å². The first-order valence-corrected chi connectivity index (χ1v) is 12.5. The average molecular weight is 407 g/mol. The quantitative estimate of drug-likeness (QED) is 0.757. The Labute approximate surface area is 182 Å². The number of rotatable bonds is 2. The van der Waals surface area contributed by atoms with Crippen LogP contribution in [0.2, 0.25) is 0 Å². The summed E-state index contributed by atoms with van der Waals surface area (Å²) in [7, 11) is 0. The predicted molar refractivity (Wildman–Crippen MR) is 120 cm³/mol. The van der Waals surface area contributed by atoms with Crippen molar-refractivity contribution < 1.29 is 4.79 Å². The van der Waals surface area contributed by atoms with Gasteiger partial charge in [-0.05, 0) is 105 Å². The van der Waals surface area contributed by atoms with E-state index in [-0.39, 0.29) is 10.8 Å². The first-order chi connectivity index (χ1) is 14.4. The van der Waals surface area contributed by atoms with Crippen LogP contribution in [0.5, 0.6) is 0 Å². The third-order valence-electron chi connectivity index (χ3n) is 9.96. The summed E-state index contributed by atoms with van der Waals surface area (Å²) in [5.41, 5.74) is 2.50. The second-order valence-electron chi connectivity index (χ2n) is 12.3. The lowest BCUT2D eigenvalue weighted by atomic mass is 9.38. The highest BCUT2D eigenvalue weighted by atomic mass is 16.2. The summed E-state index contributed by atoms with van der Waals surface area (Å²) in [5.74, 6) is 1.26. The molecule has 2 aliphatic heterocycles. The van der Waals surface area contributed by atoms with E-state index in [1.54, 1.807) is 0 Å². The molecule has 6 aliphatic rings. The number of likely N-dealkylation sites (tertiary alicyclic amines) is 1. The van der Waals surface area contributed by atoms with Gasteiger partial charge in [0.05, 0.1) is 5.41 Å². The molecule has 0 aromatic heterocycles. The van der Waals surface area contributed by atoms with Gasteiger partial charge in [0.2, 0.25) is 5.91 Å². The molecule has 1 spiro atoms. The fraction of sp³-hybridized carbons (Fsp3) is 0.741. The predicted octanol–water partition coefficient (Wildman–Crippen LogP) is 4.91. The number of benzene rings is 1. The Bertz CT molecular complexity index is 821. The molecule has 4 aliphatic carbocycles. The van der Waals surface area contributed by atoms with Gasteiger partial charge in [-0.3, -0.25) is 4.79 Å². The Hall–Kier alpha value is -1.35. The smallest absolute Gasteiger partial charge is 0.228 e. The van der Waals surface area contributed by atoms with E-state index in [0.29, 0.717) is 16.7 Å². The van der Waals surface area contributed by atoms with Crippen molar-refractivity contribution >= 4 is 5.91 Å². The minimum atomic E-state index is -0.0946. The highest BCUT2D eigenvalue weighted by Gasteiger charge is 2.65. The van der Waals surface area contributed by atoms with Crippen LogP contribution in [0.25, 0.3) is 0 Å². The van der Waals surface area contributed by atoms with E-state index in [4.69, 9.17) is 0 Å². The Morgan fingerprint density at radius 1 is 0.933 bits per heavy atom. The van der Waals surface area contributed by atoms with Crippen molar-refractivity contribution in [2.45, 2.75) is 76.5 Å². The van der Waals surface area contributed by atoms with E-state index >= 15 is 0 Å². The zero-order valence-electron chi connectivity index (χ0n) is 18.7. The van der Waals surface area contributed by atoms with E-state index in [0.717, 1.165) is 51.4 Å². The molecule has 3 nitrogen and oxygen atoms in total. The largest absolute Gasteiger partial charge is 0.342 e. The van der Waals surface area contributed by atoms with Gasteiger partial charge in [0.1, 0.15) is 0 Å². The summed E-state index contributed by atoms with van der Waals surface area (Å²) in [5, 5.41) is 3.52. The number of hydrogen-bond acceptors (Lipinski definition) is 2. The van der Waals surface area contributed by atoms with Crippen LogP contribution in [-0.2, 0) is 10.2 Å². The van der Waals surface area contributed by atoms with Gasteiger partial charge in [0, 0.05) is 13.1 Å². The second-order valence-corrected chi connectivity index (χ2v) is 12.3. The summed E-state index contributed by atoms with van der Waals surface area (Å²) in [6.45, 7) is 6.83. The summed E-state index contributed by atoms with van der Waals surface area (Å²) in [6, 6.07) is 11.2. The van der Waals surface area contributed by atoms with Crippen LogP contribution in [0.4, 0.5) is 0 Å². The zero-order valence-corrected chi connectivity index (χ0v) is 18.7. The zero-order chi connectivity index (χ0) is 20.5. The van der Waals surface area contributed by atoms with Crippen LogP contribution in [0.1, 0.15) is 76.7 Å². The van der Waals surface area contributed by atoms with Gasteiger partial charge < -0.3 is 10.2 Å². The molecule has 0 radical (unpaired) electrons. The lowest BCUT2D eigenvalue weighted by Gasteiger charge is -2.66. The van der Waals surface area contributed by atoms with E-state index in [2.05, 4.69) is 47.5 Å². The number of nitrogens with one attached hydrogen (secondary N) is 1. The molecule has 2 heterocycles. The molecular weight excluding hydrogens is 368 g/mol. The molecule has 6 fully saturated rings. The minimum absolute atomic E-state index is 0.0946. The number of carbonyl (C=O) groups excluding carboxylic acids is 1. The molecule has 1 N–H and O–H groups in total. The van der Waals surface area contributed by atoms with Gasteiger partial charge in [-0.25, -0.2) is 0 Å². The summed E-state index contributed by atoms with van der Waals surface area (Å²) in [6.07, 6.45) is 12.4.